The largest absolute Gasteiger partial charge is 0.310 e. The molecule has 1 heterocycles. The van der Waals surface area contributed by atoms with E-state index < -0.39 is 0 Å². The van der Waals surface area contributed by atoms with Gasteiger partial charge in [0.15, 0.2) is 0 Å². The van der Waals surface area contributed by atoms with Crippen LogP contribution in [0, 0.1) is 0 Å². The molecule has 1 aromatic heterocycles. The van der Waals surface area contributed by atoms with Gasteiger partial charge in [-0.15, -0.1) is 0 Å². The average molecular weight is 715 g/mol. The minimum absolute atomic E-state index is 1.10. The van der Waals surface area contributed by atoms with Crippen LogP contribution in [0.4, 0.5) is 17.1 Å². The second kappa shape index (κ2) is 14.4. The van der Waals surface area contributed by atoms with Crippen molar-refractivity contribution < 1.29 is 0 Å². The maximum Gasteiger partial charge on any atom is 0.0541 e. The Labute approximate surface area is 327 Å². The van der Waals surface area contributed by atoms with Gasteiger partial charge in [0.05, 0.1) is 16.7 Å². The molecule has 0 saturated heterocycles. The minimum atomic E-state index is 1.10. The van der Waals surface area contributed by atoms with Gasteiger partial charge in [0.2, 0.25) is 0 Å². The number of anilines is 3. The molecule has 0 aliphatic rings. The van der Waals surface area contributed by atoms with Crippen molar-refractivity contribution in [2.45, 2.75) is 0 Å². The van der Waals surface area contributed by atoms with Crippen molar-refractivity contribution in [2.24, 2.45) is 0 Å². The maximum atomic E-state index is 2.37. The lowest BCUT2D eigenvalue weighted by atomic mass is 9.99. The predicted molar refractivity (Wildman–Crippen MR) is 237 cm³/mol. The maximum absolute atomic E-state index is 2.37. The first kappa shape index (κ1) is 33.2. The van der Waals surface area contributed by atoms with Crippen LogP contribution in [-0.4, -0.2) is 4.57 Å². The van der Waals surface area contributed by atoms with E-state index in [4.69, 9.17) is 0 Å². The van der Waals surface area contributed by atoms with Gasteiger partial charge in [-0.05, 0) is 93.5 Å². The normalized spacial score (nSPS) is 11.2. The molecule has 0 N–H and O–H groups in total. The highest BCUT2D eigenvalue weighted by atomic mass is 15.1. The Morgan fingerprint density at radius 1 is 0.268 bits per heavy atom. The zero-order chi connectivity index (χ0) is 37.3. The Bertz CT molecular complexity index is 2850. The zero-order valence-electron chi connectivity index (χ0n) is 30.8. The smallest absolute Gasteiger partial charge is 0.0541 e. The lowest BCUT2D eigenvalue weighted by molar-refractivity contribution is 1.18. The third-order valence-corrected chi connectivity index (χ3v) is 10.8. The van der Waals surface area contributed by atoms with Crippen LogP contribution in [0.2, 0.25) is 0 Å². The molecule has 0 atom stereocenters. The van der Waals surface area contributed by atoms with E-state index in [0.29, 0.717) is 0 Å². The highest BCUT2D eigenvalue weighted by Crippen LogP contribution is 2.42. The number of nitrogens with zero attached hydrogens (tertiary/aromatic N) is 2. The fraction of sp³-hybridized carbons (Fsp3) is 0. The van der Waals surface area contributed by atoms with Crippen molar-refractivity contribution in [2.75, 3.05) is 4.90 Å². The first-order valence-electron chi connectivity index (χ1n) is 19.2. The van der Waals surface area contributed by atoms with E-state index in [2.05, 4.69) is 240 Å². The molecule has 2 heteroatoms. The molecule has 0 radical (unpaired) electrons. The highest BCUT2D eigenvalue weighted by molar-refractivity contribution is 6.09. The molecule has 9 aromatic carbocycles. The minimum Gasteiger partial charge on any atom is -0.310 e. The monoisotopic (exact) mass is 714 g/mol. The molecule has 264 valence electrons. The van der Waals surface area contributed by atoms with Crippen molar-refractivity contribution in [3.05, 3.63) is 231 Å². The molecule has 0 aliphatic heterocycles. The summed E-state index contributed by atoms with van der Waals surface area (Å²) in [5.74, 6) is 0. The molecule has 0 amide bonds. The van der Waals surface area contributed by atoms with Gasteiger partial charge in [0.25, 0.3) is 0 Å². The van der Waals surface area contributed by atoms with Gasteiger partial charge in [0.1, 0.15) is 0 Å². The summed E-state index contributed by atoms with van der Waals surface area (Å²) in [7, 11) is 0. The second-order valence-corrected chi connectivity index (χ2v) is 14.2. The summed E-state index contributed by atoms with van der Waals surface area (Å²) in [6.07, 6.45) is 0. The summed E-state index contributed by atoms with van der Waals surface area (Å²) >= 11 is 0. The molecule has 2 nitrogen and oxygen atoms in total. The molecular weight excluding hydrogens is 677 g/mol. The van der Waals surface area contributed by atoms with Crippen molar-refractivity contribution in [1.29, 1.82) is 0 Å². The van der Waals surface area contributed by atoms with Crippen molar-refractivity contribution in [3.63, 3.8) is 0 Å². The van der Waals surface area contributed by atoms with E-state index in [1.165, 1.54) is 66.3 Å². The lowest BCUT2D eigenvalue weighted by Gasteiger charge is -2.28. The SMILES string of the molecule is c1ccc(-c2ccc(N(c3ccc(-c4ccc(-c5ccc(-n6c7ccccc7c7ccccc76)cc5)cc4)cc3)c3ccccc3-c3ccccc3)cc2)cc1. The van der Waals surface area contributed by atoms with Crippen LogP contribution in [-0.2, 0) is 0 Å². The average Bonchev–Trinajstić information content (AvgIpc) is 3.62. The Balaban J connectivity index is 0.953. The van der Waals surface area contributed by atoms with Crippen LogP contribution in [0.25, 0.3) is 72.0 Å². The van der Waals surface area contributed by atoms with Crippen LogP contribution < -0.4 is 4.90 Å². The lowest BCUT2D eigenvalue weighted by Crippen LogP contribution is -2.11. The molecule has 0 bridgehead atoms. The van der Waals surface area contributed by atoms with Crippen molar-refractivity contribution in [3.8, 4) is 50.2 Å². The number of benzene rings is 9. The summed E-state index contributed by atoms with van der Waals surface area (Å²) in [6.45, 7) is 0. The Hall–Kier alpha value is -7.42. The quantitative estimate of drug-likeness (QED) is 0.152. The van der Waals surface area contributed by atoms with Crippen molar-refractivity contribution in [1.82, 2.24) is 4.57 Å². The number of rotatable bonds is 8. The zero-order valence-corrected chi connectivity index (χ0v) is 30.8. The van der Waals surface area contributed by atoms with Crippen LogP contribution in [0.3, 0.4) is 0 Å². The second-order valence-electron chi connectivity index (χ2n) is 14.2. The Morgan fingerprint density at radius 2 is 0.625 bits per heavy atom. The number of para-hydroxylation sites is 3. The van der Waals surface area contributed by atoms with Gasteiger partial charge in [0, 0.05) is 33.4 Å². The molecule has 0 unspecified atom stereocenters. The fourth-order valence-electron chi connectivity index (χ4n) is 8.05. The van der Waals surface area contributed by atoms with E-state index in [9.17, 15) is 0 Å². The Morgan fingerprint density at radius 3 is 1.12 bits per heavy atom. The van der Waals surface area contributed by atoms with Gasteiger partial charge < -0.3 is 9.47 Å². The number of aromatic nitrogens is 1. The summed E-state index contributed by atoms with van der Waals surface area (Å²) in [6, 6.07) is 82.9. The van der Waals surface area contributed by atoms with Gasteiger partial charge in [-0.3, -0.25) is 0 Å². The molecule has 10 aromatic rings. The van der Waals surface area contributed by atoms with E-state index in [1.807, 2.05) is 0 Å². The summed E-state index contributed by atoms with van der Waals surface area (Å²) in [5, 5.41) is 2.55. The van der Waals surface area contributed by atoms with Gasteiger partial charge in [-0.25, -0.2) is 0 Å². The number of hydrogen-bond donors (Lipinski definition) is 0. The molecule has 0 aliphatic carbocycles. The highest BCUT2D eigenvalue weighted by Gasteiger charge is 2.18. The number of hydrogen-bond acceptors (Lipinski definition) is 1. The van der Waals surface area contributed by atoms with Crippen LogP contribution in [0.1, 0.15) is 0 Å². The summed E-state index contributed by atoms with van der Waals surface area (Å²) < 4.78 is 2.36. The third kappa shape index (κ3) is 6.14. The van der Waals surface area contributed by atoms with Crippen molar-refractivity contribution >= 4 is 38.9 Å². The van der Waals surface area contributed by atoms with E-state index >= 15 is 0 Å². The van der Waals surface area contributed by atoms with Gasteiger partial charge in [-0.1, -0.05) is 176 Å². The van der Waals surface area contributed by atoms with E-state index in [0.717, 1.165) is 22.7 Å². The van der Waals surface area contributed by atoms with Gasteiger partial charge >= 0.3 is 0 Å². The molecule has 0 fully saturated rings. The molecule has 0 spiro atoms. The summed E-state index contributed by atoms with van der Waals surface area (Å²) in [4.78, 5) is 2.37. The standard InChI is InChI=1S/C54H38N2/c1-3-13-39(14-4-1)42-27-33-46(34-28-42)55(52-20-10-7-17-49(52)45-15-5-2-6-16-45)47-35-29-43(30-36-47)40-23-25-41(26-24-40)44-31-37-48(38-32-44)56-53-21-11-8-18-50(53)51-19-9-12-22-54(51)56/h1-38H. The topological polar surface area (TPSA) is 8.17 Å². The number of fused-ring (bicyclic) bond motifs is 3. The Kier molecular flexibility index (Phi) is 8.55. The molecule has 10 rings (SSSR count). The van der Waals surface area contributed by atoms with E-state index in [-0.39, 0.29) is 0 Å². The fourth-order valence-corrected chi connectivity index (χ4v) is 8.05. The molecule has 0 saturated carbocycles. The van der Waals surface area contributed by atoms with Crippen LogP contribution in [0.15, 0.2) is 231 Å². The predicted octanol–water partition coefficient (Wildman–Crippen LogP) is 14.9. The van der Waals surface area contributed by atoms with Crippen LogP contribution in [0.5, 0.6) is 0 Å². The van der Waals surface area contributed by atoms with Gasteiger partial charge in [-0.2, -0.15) is 0 Å². The first-order valence-corrected chi connectivity index (χ1v) is 19.2. The third-order valence-electron chi connectivity index (χ3n) is 10.8. The molecule has 56 heavy (non-hydrogen) atoms. The molecular formula is C54H38N2. The van der Waals surface area contributed by atoms with E-state index in [1.54, 1.807) is 0 Å². The first-order chi connectivity index (χ1) is 27.8. The van der Waals surface area contributed by atoms with Crippen LogP contribution >= 0.6 is 0 Å². The summed E-state index contributed by atoms with van der Waals surface area (Å²) in [5.41, 5.74) is 16.5.